The number of nitrogens with zero attached hydrogens (tertiary/aromatic N) is 2. The van der Waals surface area contributed by atoms with Crippen LogP contribution in [0.4, 0.5) is 0 Å². The predicted octanol–water partition coefficient (Wildman–Crippen LogP) is 2.95. The number of rotatable bonds is 5. The SMILES string of the molecule is CC(CC(N)=NO)N(C)Cc1cc(Cl)ccc1Cl. The smallest absolute Gasteiger partial charge is 0.140 e. The van der Waals surface area contributed by atoms with E-state index in [-0.39, 0.29) is 11.9 Å². The molecule has 3 N–H and O–H groups in total. The fourth-order valence-electron chi connectivity index (χ4n) is 1.59. The van der Waals surface area contributed by atoms with Gasteiger partial charge >= 0.3 is 0 Å². The molecule has 0 spiro atoms. The Morgan fingerprint density at radius 2 is 2.17 bits per heavy atom. The van der Waals surface area contributed by atoms with Crippen LogP contribution in [0.15, 0.2) is 23.4 Å². The Morgan fingerprint density at radius 1 is 1.50 bits per heavy atom. The van der Waals surface area contributed by atoms with Crippen molar-refractivity contribution in [3.8, 4) is 0 Å². The molecule has 0 radical (unpaired) electrons. The standard InChI is InChI=1S/C12H17Cl2N3O/c1-8(5-12(15)16-18)17(2)7-9-6-10(13)3-4-11(9)14/h3-4,6,8,18H,5,7H2,1-2H3,(H2,15,16). The van der Waals surface area contributed by atoms with Gasteiger partial charge in [0.05, 0.1) is 0 Å². The van der Waals surface area contributed by atoms with Gasteiger partial charge in [-0.25, -0.2) is 0 Å². The van der Waals surface area contributed by atoms with Gasteiger partial charge in [-0.05, 0) is 37.7 Å². The molecule has 0 aliphatic carbocycles. The van der Waals surface area contributed by atoms with Gasteiger partial charge in [0.2, 0.25) is 0 Å². The molecular formula is C12H17Cl2N3O. The van der Waals surface area contributed by atoms with E-state index >= 15 is 0 Å². The van der Waals surface area contributed by atoms with Crippen LogP contribution in [0.1, 0.15) is 18.9 Å². The summed E-state index contributed by atoms with van der Waals surface area (Å²) in [4.78, 5) is 2.07. The fourth-order valence-corrected chi connectivity index (χ4v) is 1.96. The maximum Gasteiger partial charge on any atom is 0.140 e. The van der Waals surface area contributed by atoms with E-state index in [1.807, 2.05) is 20.0 Å². The molecule has 0 bridgehead atoms. The van der Waals surface area contributed by atoms with Gasteiger partial charge in [0.15, 0.2) is 0 Å². The zero-order valence-corrected chi connectivity index (χ0v) is 11.9. The van der Waals surface area contributed by atoms with Crippen LogP contribution in [0.3, 0.4) is 0 Å². The van der Waals surface area contributed by atoms with Crippen LogP contribution < -0.4 is 5.73 Å². The zero-order valence-electron chi connectivity index (χ0n) is 10.4. The van der Waals surface area contributed by atoms with Crippen molar-refractivity contribution < 1.29 is 5.21 Å². The first-order valence-electron chi connectivity index (χ1n) is 5.54. The van der Waals surface area contributed by atoms with Crippen molar-refractivity contribution in [3.63, 3.8) is 0 Å². The molecule has 0 aliphatic rings. The van der Waals surface area contributed by atoms with Gasteiger partial charge in [0, 0.05) is 29.1 Å². The summed E-state index contributed by atoms with van der Waals surface area (Å²) in [5.74, 6) is 0.214. The van der Waals surface area contributed by atoms with Gasteiger partial charge in [-0.1, -0.05) is 28.4 Å². The molecule has 1 aromatic rings. The molecule has 0 aliphatic heterocycles. The van der Waals surface area contributed by atoms with Gasteiger partial charge in [0.1, 0.15) is 5.84 Å². The van der Waals surface area contributed by atoms with E-state index in [2.05, 4.69) is 10.1 Å². The van der Waals surface area contributed by atoms with Crippen molar-refractivity contribution >= 4 is 29.0 Å². The molecule has 0 fully saturated rings. The summed E-state index contributed by atoms with van der Waals surface area (Å²) in [5.41, 5.74) is 6.44. The van der Waals surface area contributed by atoms with Gasteiger partial charge in [-0.15, -0.1) is 0 Å². The summed E-state index contributed by atoms with van der Waals surface area (Å²) < 4.78 is 0. The highest BCUT2D eigenvalue weighted by molar-refractivity contribution is 6.33. The highest BCUT2D eigenvalue weighted by Crippen LogP contribution is 2.22. The maximum absolute atomic E-state index is 8.54. The Balaban J connectivity index is 2.69. The number of oxime groups is 1. The van der Waals surface area contributed by atoms with E-state index < -0.39 is 0 Å². The summed E-state index contributed by atoms with van der Waals surface area (Å²) >= 11 is 12.0. The summed E-state index contributed by atoms with van der Waals surface area (Å²) in [6.45, 7) is 2.65. The Morgan fingerprint density at radius 3 is 2.78 bits per heavy atom. The van der Waals surface area contributed by atoms with Crippen molar-refractivity contribution in [1.29, 1.82) is 0 Å². The molecule has 0 heterocycles. The normalized spacial score (nSPS) is 13.9. The van der Waals surface area contributed by atoms with Crippen molar-refractivity contribution in [1.82, 2.24) is 4.90 Å². The van der Waals surface area contributed by atoms with Gasteiger partial charge in [-0.3, -0.25) is 4.90 Å². The van der Waals surface area contributed by atoms with E-state index in [9.17, 15) is 0 Å². The van der Waals surface area contributed by atoms with Crippen molar-refractivity contribution in [2.45, 2.75) is 25.9 Å². The second-order valence-electron chi connectivity index (χ2n) is 4.30. The van der Waals surface area contributed by atoms with Crippen LogP contribution in [-0.4, -0.2) is 29.0 Å². The molecule has 0 aromatic heterocycles. The first kappa shape index (κ1) is 15.1. The van der Waals surface area contributed by atoms with Crippen LogP contribution in [-0.2, 0) is 6.54 Å². The molecule has 1 atom stereocenters. The van der Waals surface area contributed by atoms with E-state index in [1.54, 1.807) is 12.1 Å². The van der Waals surface area contributed by atoms with Crippen LogP contribution in [0, 0.1) is 0 Å². The average Bonchev–Trinajstić information content (AvgIpc) is 2.33. The minimum Gasteiger partial charge on any atom is -0.409 e. The summed E-state index contributed by atoms with van der Waals surface area (Å²) in [5, 5.41) is 12.9. The fraction of sp³-hybridized carbons (Fsp3) is 0.417. The second kappa shape index (κ2) is 6.83. The molecule has 18 heavy (non-hydrogen) atoms. The molecule has 1 unspecified atom stereocenters. The molecule has 6 heteroatoms. The first-order chi connectivity index (χ1) is 8.43. The molecule has 100 valence electrons. The third-order valence-corrected chi connectivity index (χ3v) is 3.42. The Hall–Kier alpha value is -0.970. The second-order valence-corrected chi connectivity index (χ2v) is 5.14. The molecule has 1 rings (SSSR count). The Bertz CT molecular complexity index is 437. The Labute approximate surface area is 117 Å². The molecular weight excluding hydrogens is 273 g/mol. The van der Waals surface area contributed by atoms with Crippen molar-refractivity contribution in [2.24, 2.45) is 10.9 Å². The lowest BCUT2D eigenvalue weighted by molar-refractivity contribution is 0.251. The predicted molar refractivity (Wildman–Crippen MR) is 75.4 cm³/mol. The molecule has 4 nitrogen and oxygen atoms in total. The van der Waals surface area contributed by atoms with E-state index in [0.717, 1.165) is 5.56 Å². The lowest BCUT2D eigenvalue weighted by Gasteiger charge is -2.24. The zero-order chi connectivity index (χ0) is 13.7. The number of hydrogen-bond acceptors (Lipinski definition) is 3. The number of amidine groups is 1. The lowest BCUT2D eigenvalue weighted by atomic mass is 10.1. The largest absolute Gasteiger partial charge is 0.409 e. The van der Waals surface area contributed by atoms with Crippen LogP contribution in [0.2, 0.25) is 10.0 Å². The summed E-state index contributed by atoms with van der Waals surface area (Å²) in [7, 11) is 1.95. The molecule has 0 saturated carbocycles. The van der Waals surface area contributed by atoms with E-state index in [1.165, 1.54) is 0 Å². The van der Waals surface area contributed by atoms with Gasteiger partial charge < -0.3 is 10.9 Å². The topological polar surface area (TPSA) is 61.9 Å². The summed E-state index contributed by atoms with van der Waals surface area (Å²) in [6.07, 6.45) is 0.491. The maximum atomic E-state index is 8.54. The number of nitrogens with two attached hydrogens (primary N) is 1. The van der Waals surface area contributed by atoms with E-state index in [0.29, 0.717) is 23.0 Å². The van der Waals surface area contributed by atoms with Crippen LogP contribution in [0.5, 0.6) is 0 Å². The minimum absolute atomic E-state index is 0.135. The monoisotopic (exact) mass is 289 g/mol. The van der Waals surface area contributed by atoms with Crippen LogP contribution >= 0.6 is 23.2 Å². The Kier molecular flexibility index (Phi) is 5.72. The van der Waals surface area contributed by atoms with Crippen LogP contribution in [0.25, 0.3) is 0 Å². The van der Waals surface area contributed by atoms with E-state index in [4.69, 9.17) is 34.1 Å². The average molecular weight is 290 g/mol. The van der Waals surface area contributed by atoms with Crippen molar-refractivity contribution in [3.05, 3.63) is 33.8 Å². The lowest BCUT2D eigenvalue weighted by Crippen LogP contribution is -2.32. The highest BCUT2D eigenvalue weighted by atomic mass is 35.5. The number of halogens is 2. The molecule has 0 saturated heterocycles. The molecule has 0 amide bonds. The third kappa shape index (κ3) is 4.37. The number of hydrogen-bond donors (Lipinski definition) is 2. The number of benzene rings is 1. The molecule has 1 aromatic carbocycles. The summed E-state index contributed by atoms with van der Waals surface area (Å²) in [6, 6.07) is 5.52. The minimum atomic E-state index is 0.135. The third-order valence-electron chi connectivity index (χ3n) is 2.81. The highest BCUT2D eigenvalue weighted by Gasteiger charge is 2.13. The first-order valence-corrected chi connectivity index (χ1v) is 6.30. The van der Waals surface area contributed by atoms with Gasteiger partial charge in [0.25, 0.3) is 0 Å². The van der Waals surface area contributed by atoms with Gasteiger partial charge in [-0.2, -0.15) is 0 Å². The quantitative estimate of drug-likeness (QED) is 0.379. The van der Waals surface area contributed by atoms with Crippen molar-refractivity contribution in [2.75, 3.05) is 7.05 Å².